The van der Waals surface area contributed by atoms with Crippen LogP contribution in [0.25, 0.3) is 0 Å². The SMILES string of the molecule is CN(C)C(=O)Cc1nc(CN2CCC[C@H](O)C2)cs1. The molecule has 1 saturated heterocycles. The van der Waals surface area contributed by atoms with Crippen LogP contribution in [-0.4, -0.2) is 59.1 Å². The number of aliphatic hydroxyl groups is 1. The number of β-amino-alcohol motifs (C(OH)–C–C–N with tert-alkyl or cyclic N) is 1. The maximum atomic E-state index is 11.6. The highest BCUT2D eigenvalue weighted by molar-refractivity contribution is 7.09. The van der Waals surface area contributed by atoms with E-state index >= 15 is 0 Å². The first-order chi connectivity index (χ1) is 9.04. The van der Waals surface area contributed by atoms with Gasteiger partial charge in [0.1, 0.15) is 5.01 Å². The third-order valence-electron chi connectivity index (χ3n) is 3.27. The minimum Gasteiger partial charge on any atom is -0.392 e. The van der Waals surface area contributed by atoms with E-state index in [1.807, 2.05) is 5.38 Å². The van der Waals surface area contributed by atoms with Crippen molar-refractivity contribution >= 4 is 17.2 Å². The van der Waals surface area contributed by atoms with Crippen LogP contribution in [0.4, 0.5) is 0 Å². The highest BCUT2D eigenvalue weighted by Gasteiger charge is 2.18. The van der Waals surface area contributed by atoms with E-state index in [1.54, 1.807) is 19.0 Å². The molecule has 0 spiro atoms. The third kappa shape index (κ3) is 4.26. The first-order valence-electron chi connectivity index (χ1n) is 6.58. The molecule has 0 bridgehead atoms. The summed E-state index contributed by atoms with van der Waals surface area (Å²) < 4.78 is 0. The number of thiazole rings is 1. The Balaban J connectivity index is 1.88. The molecule has 19 heavy (non-hydrogen) atoms. The van der Waals surface area contributed by atoms with Gasteiger partial charge in [0.25, 0.3) is 0 Å². The van der Waals surface area contributed by atoms with E-state index in [9.17, 15) is 9.90 Å². The predicted molar refractivity (Wildman–Crippen MR) is 75.0 cm³/mol. The summed E-state index contributed by atoms with van der Waals surface area (Å²) in [4.78, 5) is 19.9. The van der Waals surface area contributed by atoms with Crippen LogP contribution in [-0.2, 0) is 17.8 Å². The van der Waals surface area contributed by atoms with Gasteiger partial charge in [-0.15, -0.1) is 11.3 Å². The third-order valence-corrected chi connectivity index (χ3v) is 4.16. The molecule has 1 atom stereocenters. The number of amides is 1. The molecular weight excluding hydrogens is 262 g/mol. The van der Waals surface area contributed by atoms with E-state index in [2.05, 4.69) is 9.88 Å². The number of likely N-dealkylation sites (tertiary alicyclic amines) is 1. The van der Waals surface area contributed by atoms with E-state index in [0.29, 0.717) is 6.42 Å². The van der Waals surface area contributed by atoms with Gasteiger partial charge in [0.15, 0.2) is 0 Å². The van der Waals surface area contributed by atoms with Crippen molar-refractivity contribution in [3.8, 4) is 0 Å². The fraction of sp³-hybridized carbons (Fsp3) is 0.692. The van der Waals surface area contributed by atoms with Crippen LogP contribution in [0.3, 0.4) is 0 Å². The number of piperidine rings is 1. The van der Waals surface area contributed by atoms with Crippen LogP contribution in [0, 0.1) is 0 Å². The lowest BCUT2D eigenvalue weighted by Crippen LogP contribution is -2.37. The van der Waals surface area contributed by atoms with Crippen molar-refractivity contribution in [3.05, 3.63) is 16.1 Å². The second kappa shape index (κ2) is 6.45. The van der Waals surface area contributed by atoms with Crippen molar-refractivity contribution in [3.63, 3.8) is 0 Å². The minimum absolute atomic E-state index is 0.0781. The molecule has 1 aromatic rings. The first-order valence-corrected chi connectivity index (χ1v) is 7.46. The Labute approximate surface area is 117 Å². The molecule has 1 aliphatic heterocycles. The summed E-state index contributed by atoms with van der Waals surface area (Å²) in [5.41, 5.74) is 1.00. The van der Waals surface area contributed by atoms with Crippen molar-refractivity contribution in [2.24, 2.45) is 0 Å². The lowest BCUT2D eigenvalue weighted by Gasteiger charge is -2.29. The molecule has 1 N–H and O–H groups in total. The largest absolute Gasteiger partial charge is 0.392 e. The Bertz CT molecular complexity index is 433. The standard InChI is InChI=1S/C13H21N3O2S/c1-15(2)13(18)6-12-14-10(9-19-12)7-16-5-3-4-11(17)8-16/h9,11,17H,3-8H2,1-2H3/t11-/m0/s1. The lowest BCUT2D eigenvalue weighted by atomic mass is 10.1. The Hall–Kier alpha value is -0.980. The maximum Gasteiger partial charge on any atom is 0.228 e. The topological polar surface area (TPSA) is 56.7 Å². The molecule has 1 aromatic heterocycles. The van der Waals surface area contributed by atoms with Gasteiger partial charge in [-0.3, -0.25) is 9.69 Å². The van der Waals surface area contributed by atoms with E-state index < -0.39 is 0 Å². The zero-order valence-corrected chi connectivity index (χ0v) is 12.3. The van der Waals surface area contributed by atoms with Crippen LogP contribution in [0.5, 0.6) is 0 Å². The second-order valence-corrected chi connectivity index (χ2v) is 6.17. The highest BCUT2D eigenvalue weighted by atomic mass is 32.1. The summed E-state index contributed by atoms with van der Waals surface area (Å²) in [6, 6.07) is 0. The minimum atomic E-state index is -0.206. The summed E-state index contributed by atoms with van der Waals surface area (Å²) >= 11 is 1.54. The Morgan fingerprint density at radius 3 is 3.11 bits per heavy atom. The van der Waals surface area contributed by atoms with Crippen LogP contribution < -0.4 is 0 Å². The molecule has 0 aliphatic carbocycles. The average Bonchev–Trinajstić information content (AvgIpc) is 2.76. The molecule has 0 unspecified atom stereocenters. The summed E-state index contributed by atoms with van der Waals surface area (Å²) in [7, 11) is 3.51. The quantitative estimate of drug-likeness (QED) is 0.885. The average molecular weight is 283 g/mol. The zero-order valence-electron chi connectivity index (χ0n) is 11.5. The van der Waals surface area contributed by atoms with Gasteiger partial charge in [-0.05, 0) is 19.4 Å². The Kier molecular flexibility index (Phi) is 4.90. The van der Waals surface area contributed by atoms with Crippen LogP contribution in [0.2, 0.25) is 0 Å². The maximum absolute atomic E-state index is 11.6. The van der Waals surface area contributed by atoms with Crippen molar-refractivity contribution in [2.45, 2.75) is 31.9 Å². The normalized spacial score (nSPS) is 20.5. The second-order valence-electron chi connectivity index (χ2n) is 5.23. The molecule has 0 saturated carbocycles. The van der Waals surface area contributed by atoms with Crippen molar-refractivity contribution in [1.29, 1.82) is 0 Å². The monoisotopic (exact) mass is 283 g/mol. The van der Waals surface area contributed by atoms with Gasteiger partial charge in [0.2, 0.25) is 5.91 Å². The molecule has 0 radical (unpaired) electrons. The molecule has 2 heterocycles. The summed E-state index contributed by atoms with van der Waals surface area (Å²) in [6.45, 7) is 2.51. The number of hydrogen-bond acceptors (Lipinski definition) is 5. The smallest absolute Gasteiger partial charge is 0.228 e. The van der Waals surface area contributed by atoms with Gasteiger partial charge < -0.3 is 10.0 Å². The summed E-state index contributed by atoms with van der Waals surface area (Å²) in [6.07, 6.45) is 2.11. The van der Waals surface area contributed by atoms with E-state index in [-0.39, 0.29) is 12.0 Å². The molecule has 1 aliphatic rings. The number of nitrogens with zero attached hydrogens (tertiary/aromatic N) is 3. The number of likely N-dealkylation sites (N-methyl/N-ethyl adjacent to an activating group) is 1. The van der Waals surface area contributed by atoms with E-state index in [1.165, 1.54) is 11.3 Å². The number of carbonyl (C=O) groups excluding carboxylic acids is 1. The fourth-order valence-corrected chi connectivity index (χ4v) is 2.97. The number of aromatic nitrogens is 1. The highest BCUT2D eigenvalue weighted by Crippen LogP contribution is 2.16. The zero-order chi connectivity index (χ0) is 13.8. The van der Waals surface area contributed by atoms with E-state index in [4.69, 9.17) is 0 Å². The Morgan fingerprint density at radius 1 is 1.63 bits per heavy atom. The van der Waals surface area contributed by atoms with E-state index in [0.717, 1.165) is 43.2 Å². The van der Waals surface area contributed by atoms with Gasteiger partial charge >= 0.3 is 0 Å². The Morgan fingerprint density at radius 2 is 2.42 bits per heavy atom. The van der Waals surface area contributed by atoms with Gasteiger partial charge in [-0.25, -0.2) is 4.98 Å². The van der Waals surface area contributed by atoms with Crippen molar-refractivity contribution in [1.82, 2.24) is 14.8 Å². The molecule has 1 fully saturated rings. The molecule has 0 aromatic carbocycles. The van der Waals surface area contributed by atoms with Crippen molar-refractivity contribution in [2.75, 3.05) is 27.2 Å². The first kappa shape index (κ1) is 14.4. The van der Waals surface area contributed by atoms with Gasteiger partial charge in [0, 0.05) is 32.6 Å². The van der Waals surface area contributed by atoms with Gasteiger partial charge in [-0.1, -0.05) is 0 Å². The van der Waals surface area contributed by atoms with Crippen LogP contribution in [0.15, 0.2) is 5.38 Å². The summed E-state index contributed by atoms with van der Waals surface area (Å²) in [5, 5.41) is 12.5. The molecule has 5 nitrogen and oxygen atoms in total. The lowest BCUT2D eigenvalue weighted by molar-refractivity contribution is -0.127. The summed E-state index contributed by atoms with van der Waals surface area (Å²) in [5.74, 6) is 0.0781. The van der Waals surface area contributed by atoms with Crippen LogP contribution in [0.1, 0.15) is 23.5 Å². The number of carbonyl (C=O) groups is 1. The number of aliphatic hydroxyl groups excluding tert-OH is 1. The molecular formula is C13H21N3O2S. The fourth-order valence-electron chi connectivity index (χ4n) is 2.19. The number of hydrogen-bond donors (Lipinski definition) is 1. The molecule has 1 amide bonds. The van der Waals surface area contributed by atoms with Crippen LogP contribution >= 0.6 is 11.3 Å². The van der Waals surface area contributed by atoms with Gasteiger partial charge in [0.05, 0.1) is 18.2 Å². The molecule has 106 valence electrons. The predicted octanol–water partition coefficient (Wildman–Crippen LogP) is 0.730. The van der Waals surface area contributed by atoms with Crippen molar-refractivity contribution < 1.29 is 9.90 Å². The number of rotatable bonds is 4. The molecule has 6 heteroatoms. The molecule has 2 rings (SSSR count). The van der Waals surface area contributed by atoms with Gasteiger partial charge in [-0.2, -0.15) is 0 Å².